The zero-order valence-electron chi connectivity index (χ0n) is 9.89. The molecule has 0 spiro atoms. The molecule has 0 bridgehead atoms. The van der Waals surface area contributed by atoms with Gasteiger partial charge < -0.3 is 9.63 Å². The van der Waals surface area contributed by atoms with E-state index in [1.54, 1.807) is 0 Å². The summed E-state index contributed by atoms with van der Waals surface area (Å²) in [5, 5.41) is 13.2. The predicted molar refractivity (Wildman–Crippen MR) is 58.9 cm³/mol. The lowest BCUT2D eigenvalue weighted by atomic mass is 10.2. The van der Waals surface area contributed by atoms with Crippen LogP contribution in [0.25, 0.3) is 0 Å². The van der Waals surface area contributed by atoms with E-state index in [0.717, 1.165) is 25.2 Å². The molecule has 1 aromatic rings. The molecule has 0 amide bonds. The first-order valence-corrected chi connectivity index (χ1v) is 5.88. The van der Waals surface area contributed by atoms with Crippen LogP contribution in [0, 0.1) is 0 Å². The van der Waals surface area contributed by atoms with Crippen LogP contribution in [0.1, 0.15) is 44.3 Å². The van der Waals surface area contributed by atoms with E-state index in [9.17, 15) is 5.11 Å². The van der Waals surface area contributed by atoms with Crippen molar-refractivity contribution in [3.8, 4) is 0 Å². The molecule has 0 aromatic carbocycles. The highest BCUT2D eigenvalue weighted by atomic mass is 16.5. The van der Waals surface area contributed by atoms with Gasteiger partial charge >= 0.3 is 0 Å². The number of aliphatic hydroxyl groups is 1. The molecule has 2 rings (SSSR count). The van der Waals surface area contributed by atoms with Gasteiger partial charge in [0.1, 0.15) is 0 Å². The van der Waals surface area contributed by atoms with Gasteiger partial charge in [-0.15, -0.1) is 0 Å². The van der Waals surface area contributed by atoms with Crippen molar-refractivity contribution in [2.45, 2.75) is 45.2 Å². The minimum absolute atomic E-state index is 0.217. The highest BCUT2D eigenvalue weighted by Gasteiger charge is 2.25. The Hall–Kier alpha value is -0.940. The van der Waals surface area contributed by atoms with E-state index in [-0.39, 0.29) is 18.6 Å². The fourth-order valence-corrected chi connectivity index (χ4v) is 2.06. The fraction of sp³-hybridized carbons (Fsp3) is 0.818. The van der Waals surface area contributed by atoms with Crippen LogP contribution >= 0.6 is 0 Å². The lowest BCUT2D eigenvalue weighted by Gasteiger charge is -2.20. The summed E-state index contributed by atoms with van der Waals surface area (Å²) in [6, 6.07) is 0.265. The Morgan fingerprint density at radius 3 is 3.00 bits per heavy atom. The summed E-state index contributed by atoms with van der Waals surface area (Å²) in [4.78, 5) is 6.56. The second kappa shape index (κ2) is 4.93. The molecule has 0 aliphatic carbocycles. The lowest BCUT2D eigenvalue weighted by molar-refractivity contribution is 0.150. The topological polar surface area (TPSA) is 62.4 Å². The average Bonchev–Trinajstić information content (AvgIpc) is 2.87. The Kier molecular flexibility index (Phi) is 3.56. The molecule has 1 fully saturated rings. The zero-order chi connectivity index (χ0) is 11.5. The molecule has 5 heteroatoms. The maximum Gasteiger partial charge on any atom is 0.229 e. The Morgan fingerprint density at radius 2 is 2.38 bits per heavy atom. The Bertz CT molecular complexity index is 338. The zero-order valence-corrected chi connectivity index (χ0v) is 9.89. The Balaban J connectivity index is 1.97. The fourth-order valence-electron chi connectivity index (χ4n) is 2.06. The molecule has 1 unspecified atom stereocenters. The van der Waals surface area contributed by atoms with E-state index in [0.29, 0.717) is 12.4 Å². The average molecular weight is 225 g/mol. The largest absolute Gasteiger partial charge is 0.395 e. The van der Waals surface area contributed by atoms with Gasteiger partial charge in [-0.05, 0) is 19.4 Å². The van der Waals surface area contributed by atoms with Crippen molar-refractivity contribution >= 4 is 0 Å². The van der Waals surface area contributed by atoms with Crippen molar-refractivity contribution in [3.05, 3.63) is 11.7 Å². The number of aliphatic hydroxyl groups excluding tert-OH is 1. The van der Waals surface area contributed by atoms with Crippen LogP contribution in [-0.2, 0) is 6.54 Å². The summed E-state index contributed by atoms with van der Waals surface area (Å²) >= 11 is 0. The second-order valence-corrected chi connectivity index (χ2v) is 4.65. The molecule has 5 nitrogen and oxygen atoms in total. The van der Waals surface area contributed by atoms with Gasteiger partial charge in [-0.25, -0.2) is 0 Å². The SMILES string of the molecule is CC(C)c1nc(CN2CCCC2CO)no1. The van der Waals surface area contributed by atoms with Crippen LogP contribution in [0.5, 0.6) is 0 Å². The van der Waals surface area contributed by atoms with Crippen molar-refractivity contribution in [1.82, 2.24) is 15.0 Å². The monoisotopic (exact) mass is 225 g/mol. The molecule has 90 valence electrons. The number of rotatable bonds is 4. The number of likely N-dealkylation sites (tertiary alicyclic amines) is 1. The van der Waals surface area contributed by atoms with Gasteiger partial charge in [0, 0.05) is 12.0 Å². The van der Waals surface area contributed by atoms with Crippen LogP contribution in [0.4, 0.5) is 0 Å². The minimum atomic E-state index is 0.217. The van der Waals surface area contributed by atoms with Crippen molar-refractivity contribution in [2.75, 3.05) is 13.2 Å². The van der Waals surface area contributed by atoms with Gasteiger partial charge in [-0.2, -0.15) is 4.98 Å². The van der Waals surface area contributed by atoms with E-state index in [4.69, 9.17) is 4.52 Å². The summed E-state index contributed by atoms with van der Waals surface area (Å²) < 4.78 is 5.15. The van der Waals surface area contributed by atoms with Gasteiger partial charge in [-0.1, -0.05) is 19.0 Å². The smallest absolute Gasteiger partial charge is 0.229 e. The molecule has 2 heterocycles. The molecule has 1 aliphatic rings. The van der Waals surface area contributed by atoms with Gasteiger partial charge in [0.05, 0.1) is 13.2 Å². The van der Waals surface area contributed by atoms with E-state index in [1.807, 2.05) is 13.8 Å². The number of nitrogens with zero attached hydrogens (tertiary/aromatic N) is 3. The first kappa shape index (κ1) is 11.5. The molecule has 0 saturated carbocycles. The summed E-state index contributed by atoms with van der Waals surface area (Å²) in [6.45, 7) is 5.97. The molecule has 1 aliphatic heterocycles. The Labute approximate surface area is 95.4 Å². The molecule has 1 saturated heterocycles. The standard InChI is InChI=1S/C11H19N3O2/c1-8(2)11-12-10(13-16-11)6-14-5-3-4-9(14)7-15/h8-9,15H,3-7H2,1-2H3. The van der Waals surface area contributed by atoms with E-state index in [1.165, 1.54) is 0 Å². The molecule has 1 aromatic heterocycles. The summed E-state index contributed by atoms with van der Waals surface area (Å²) in [7, 11) is 0. The lowest BCUT2D eigenvalue weighted by Crippen LogP contribution is -2.31. The molecular weight excluding hydrogens is 206 g/mol. The first-order valence-electron chi connectivity index (χ1n) is 5.88. The third-order valence-corrected chi connectivity index (χ3v) is 3.03. The summed E-state index contributed by atoms with van der Waals surface area (Å²) in [5.41, 5.74) is 0. The second-order valence-electron chi connectivity index (χ2n) is 4.65. The quantitative estimate of drug-likeness (QED) is 0.832. The van der Waals surface area contributed by atoms with E-state index in [2.05, 4.69) is 15.0 Å². The van der Waals surface area contributed by atoms with Crippen molar-refractivity contribution in [3.63, 3.8) is 0 Å². The van der Waals surface area contributed by atoms with Gasteiger partial charge in [-0.3, -0.25) is 4.90 Å². The summed E-state index contributed by atoms with van der Waals surface area (Å²) in [6.07, 6.45) is 2.20. The highest BCUT2D eigenvalue weighted by Crippen LogP contribution is 2.19. The van der Waals surface area contributed by atoms with Crippen LogP contribution < -0.4 is 0 Å². The van der Waals surface area contributed by atoms with Crippen LogP contribution in [-0.4, -0.2) is 39.3 Å². The van der Waals surface area contributed by atoms with Gasteiger partial charge in [0.2, 0.25) is 5.89 Å². The molecule has 1 atom stereocenters. The van der Waals surface area contributed by atoms with Crippen molar-refractivity contribution in [2.24, 2.45) is 0 Å². The number of hydrogen-bond donors (Lipinski definition) is 1. The maximum atomic E-state index is 9.20. The van der Waals surface area contributed by atoms with Crippen molar-refractivity contribution in [1.29, 1.82) is 0 Å². The predicted octanol–water partition coefficient (Wildman–Crippen LogP) is 1.15. The van der Waals surface area contributed by atoms with Gasteiger partial charge in [0.25, 0.3) is 0 Å². The van der Waals surface area contributed by atoms with Crippen molar-refractivity contribution < 1.29 is 9.63 Å². The van der Waals surface area contributed by atoms with E-state index < -0.39 is 0 Å². The third-order valence-electron chi connectivity index (χ3n) is 3.03. The van der Waals surface area contributed by atoms with E-state index >= 15 is 0 Å². The molecular formula is C11H19N3O2. The minimum Gasteiger partial charge on any atom is -0.395 e. The molecule has 0 radical (unpaired) electrons. The maximum absolute atomic E-state index is 9.20. The normalized spacial score (nSPS) is 22.1. The highest BCUT2D eigenvalue weighted by molar-refractivity contribution is 4.92. The number of aromatic nitrogens is 2. The molecule has 16 heavy (non-hydrogen) atoms. The number of hydrogen-bond acceptors (Lipinski definition) is 5. The Morgan fingerprint density at radius 1 is 1.56 bits per heavy atom. The third kappa shape index (κ3) is 2.41. The van der Waals surface area contributed by atoms with Crippen LogP contribution in [0.3, 0.4) is 0 Å². The molecule has 1 N–H and O–H groups in total. The van der Waals surface area contributed by atoms with Gasteiger partial charge in [0.15, 0.2) is 5.82 Å². The van der Waals surface area contributed by atoms with Crippen LogP contribution in [0.2, 0.25) is 0 Å². The first-order chi connectivity index (χ1) is 7.70. The summed E-state index contributed by atoms with van der Waals surface area (Å²) in [5.74, 6) is 1.69. The van der Waals surface area contributed by atoms with Crippen LogP contribution in [0.15, 0.2) is 4.52 Å².